The zero-order chi connectivity index (χ0) is 10.1. The molecule has 4 nitrogen and oxygen atoms in total. The smallest absolute Gasteiger partial charge is 0.188 e. The first-order chi connectivity index (χ1) is 7.43. The Labute approximate surface area is 116 Å². The second-order valence-electron chi connectivity index (χ2n) is 3.56. The second kappa shape index (κ2) is 6.35. The van der Waals surface area contributed by atoms with Crippen LogP contribution in [0.2, 0.25) is 0 Å². The third kappa shape index (κ3) is 2.98. The fourth-order valence-corrected chi connectivity index (χ4v) is 2.71. The summed E-state index contributed by atoms with van der Waals surface area (Å²) in [5, 5.41) is 4.44. The van der Waals surface area contributed by atoms with Gasteiger partial charge in [0.15, 0.2) is 5.13 Å². The van der Waals surface area contributed by atoms with E-state index in [-0.39, 0.29) is 24.8 Å². The van der Waals surface area contributed by atoms with Crippen molar-refractivity contribution >= 4 is 51.6 Å². The Morgan fingerprint density at radius 3 is 2.71 bits per heavy atom. The van der Waals surface area contributed by atoms with Crippen LogP contribution in [0.25, 0.3) is 10.3 Å². The van der Waals surface area contributed by atoms with Crippen molar-refractivity contribution in [3.05, 3.63) is 18.3 Å². The zero-order valence-corrected chi connectivity index (χ0v) is 11.6. The predicted molar refractivity (Wildman–Crippen MR) is 77.0 cm³/mol. The summed E-state index contributed by atoms with van der Waals surface area (Å²) in [5.41, 5.74) is 1.01. The minimum Gasteiger partial charge on any atom is -0.345 e. The Bertz CT molecular complexity index is 437. The van der Waals surface area contributed by atoms with Crippen molar-refractivity contribution in [2.45, 2.75) is 0 Å². The van der Waals surface area contributed by atoms with Gasteiger partial charge in [0.05, 0.1) is 0 Å². The second-order valence-corrected chi connectivity index (χ2v) is 4.52. The van der Waals surface area contributed by atoms with E-state index < -0.39 is 0 Å². The van der Waals surface area contributed by atoms with Crippen LogP contribution in [0, 0.1) is 0 Å². The third-order valence-electron chi connectivity index (χ3n) is 2.54. The Balaban J connectivity index is 0.000000722. The van der Waals surface area contributed by atoms with Gasteiger partial charge in [-0.2, -0.15) is 0 Å². The molecule has 0 spiro atoms. The van der Waals surface area contributed by atoms with Gasteiger partial charge in [0.1, 0.15) is 10.3 Å². The van der Waals surface area contributed by atoms with Crippen molar-refractivity contribution in [3.63, 3.8) is 0 Å². The first kappa shape index (κ1) is 14.4. The molecule has 1 N–H and O–H groups in total. The highest BCUT2D eigenvalue weighted by Crippen LogP contribution is 2.26. The fourth-order valence-electron chi connectivity index (χ4n) is 1.75. The lowest BCUT2D eigenvalue weighted by Gasteiger charge is -2.26. The molecule has 1 fully saturated rings. The van der Waals surface area contributed by atoms with E-state index in [4.69, 9.17) is 0 Å². The molecule has 0 aliphatic carbocycles. The molecular weight excluding hydrogens is 279 g/mol. The molecule has 2 aromatic heterocycles. The van der Waals surface area contributed by atoms with E-state index in [0.29, 0.717) is 0 Å². The molecule has 0 unspecified atom stereocenters. The summed E-state index contributed by atoms with van der Waals surface area (Å²) in [5.74, 6) is 0. The number of pyridine rings is 1. The van der Waals surface area contributed by atoms with Crippen LogP contribution in [0.5, 0.6) is 0 Å². The lowest BCUT2D eigenvalue weighted by atomic mass is 10.4. The van der Waals surface area contributed by atoms with E-state index in [0.717, 1.165) is 41.7 Å². The number of hydrogen-bond donors (Lipinski definition) is 1. The summed E-state index contributed by atoms with van der Waals surface area (Å²) in [6, 6.07) is 3.95. The molecule has 0 aromatic carbocycles. The van der Waals surface area contributed by atoms with Crippen molar-refractivity contribution in [2.24, 2.45) is 0 Å². The van der Waals surface area contributed by atoms with Crippen molar-refractivity contribution in [2.75, 3.05) is 31.1 Å². The van der Waals surface area contributed by atoms with Crippen LogP contribution in [-0.4, -0.2) is 36.1 Å². The molecule has 0 bridgehead atoms. The molecule has 17 heavy (non-hydrogen) atoms. The number of piperazine rings is 1. The number of hydrogen-bond acceptors (Lipinski definition) is 5. The van der Waals surface area contributed by atoms with E-state index in [9.17, 15) is 0 Å². The topological polar surface area (TPSA) is 41.1 Å². The SMILES string of the molecule is Cl.Cl.c1cnc2sc(N3CCNCC3)nc2c1. The Morgan fingerprint density at radius 1 is 1.24 bits per heavy atom. The van der Waals surface area contributed by atoms with Crippen LogP contribution in [0.3, 0.4) is 0 Å². The highest BCUT2D eigenvalue weighted by Gasteiger charge is 2.14. The molecule has 0 atom stereocenters. The highest BCUT2D eigenvalue weighted by atomic mass is 35.5. The van der Waals surface area contributed by atoms with Crippen molar-refractivity contribution in [3.8, 4) is 0 Å². The number of fused-ring (bicyclic) bond motifs is 1. The molecule has 94 valence electrons. The first-order valence-electron chi connectivity index (χ1n) is 5.11. The summed E-state index contributed by atoms with van der Waals surface area (Å²) in [4.78, 5) is 12.3. The molecule has 1 saturated heterocycles. The summed E-state index contributed by atoms with van der Waals surface area (Å²) < 4.78 is 0. The largest absolute Gasteiger partial charge is 0.345 e. The molecule has 7 heteroatoms. The van der Waals surface area contributed by atoms with Crippen molar-refractivity contribution in [1.82, 2.24) is 15.3 Å². The molecule has 3 heterocycles. The highest BCUT2D eigenvalue weighted by molar-refractivity contribution is 7.21. The fraction of sp³-hybridized carbons (Fsp3) is 0.400. The van der Waals surface area contributed by atoms with Crippen LogP contribution in [0.15, 0.2) is 18.3 Å². The minimum absolute atomic E-state index is 0. The van der Waals surface area contributed by atoms with Gasteiger partial charge in [0.2, 0.25) is 0 Å². The van der Waals surface area contributed by atoms with Gasteiger partial charge < -0.3 is 10.2 Å². The lowest BCUT2D eigenvalue weighted by Crippen LogP contribution is -2.43. The van der Waals surface area contributed by atoms with E-state index in [1.54, 1.807) is 11.3 Å². The number of halogens is 2. The van der Waals surface area contributed by atoms with Crippen LogP contribution in [-0.2, 0) is 0 Å². The van der Waals surface area contributed by atoms with Gasteiger partial charge in [-0.05, 0) is 12.1 Å². The molecule has 0 saturated carbocycles. The van der Waals surface area contributed by atoms with Gasteiger partial charge >= 0.3 is 0 Å². The van der Waals surface area contributed by atoms with Crippen LogP contribution in [0.4, 0.5) is 5.13 Å². The maximum Gasteiger partial charge on any atom is 0.188 e. The molecule has 0 amide bonds. The summed E-state index contributed by atoms with van der Waals surface area (Å²) in [6.45, 7) is 4.17. The van der Waals surface area contributed by atoms with E-state index in [1.165, 1.54) is 0 Å². The van der Waals surface area contributed by atoms with E-state index in [1.807, 2.05) is 18.3 Å². The number of nitrogens with one attached hydrogen (secondary N) is 1. The van der Waals surface area contributed by atoms with Crippen LogP contribution < -0.4 is 10.2 Å². The Morgan fingerprint density at radius 2 is 2.00 bits per heavy atom. The standard InChI is InChI=1S/C10H12N4S.2ClH/c1-2-8-9(12-3-1)15-10(13-8)14-6-4-11-5-7-14;;/h1-3,11H,4-7H2;2*1H. The average molecular weight is 293 g/mol. The normalized spacial score (nSPS) is 15.2. The molecule has 1 aliphatic heterocycles. The molecule has 1 aliphatic rings. The van der Waals surface area contributed by atoms with Crippen LogP contribution in [0.1, 0.15) is 0 Å². The zero-order valence-electron chi connectivity index (χ0n) is 9.13. The number of aromatic nitrogens is 2. The van der Waals surface area contributed by atoms with Crippen molar-refractivity contribution < 1.29 is 0 Å². The Hall–Kier alpha value is -0.620. The molecule has 0 radical (unpaired) electrons. The van der Waals surface area contributed by atoms with Gasteiger partial charge in [-0.15, -0.1) is 24.8 Å². The third-order valence-corrected chi connectivity index (χ3v) is 3.58. The summed E-state index contributed by atoms with van der Waals surface area (Å²) in [6.07, 6.45) is 1.82. The molecule has 2 aromatic rings. The predicted octanol–water partition coefficient (Wildman–Crippen LogP) is 1.94. The first-order valence-corrected chi connectivity index (χ1v) is 5.92. The number of rotatable bonds is 1. The summed E-state index contributed by atoms with van der Waals surface area (Å²) >= 11 is 1.68. The van der Waals surface area contributed by atoms with Gasteiger partial charge in [0, 0.05) is 32.4 Å². The number of nitrogens with zero attached hydrogens (tertiary/aromatic N) is 3. The Kier molecular flexibility index (Phi) is 5.39. The van der Waals surface area contributed by atoms with Gasteiger partial charge in [-0.3, -0.25) is 0 Å². The maximum atomic E-state index is 4.59. The number of anilines is 1. The molecule has 3 rings (SSSR count). The number of thiazole rings is 1. The van der Waals surface area contributed by atoms with Gasteiger partial charge in [0.25, 0.3) is 0 Å². The van der Waals surface area contributed by atoms with Crippen LogP contribution >= 0.6 is 36.2 Å². The monoisotopic (exact) mass is 292 g/mol. The average Bonchev–Trinajstić information content (AvgIpc) is 2.74. The van der Waals surface area contributed by atoms with Gasteiger partial charge in [-0.1, -0.05) is 11.3 Å². The van der Waals surface area contributed by atoms with Crippen molar-refractivity contribution in [1.29, 1.82) is 0 Å². The maximum absolute atomic E-state index is 4.59. The van der Waals surface area contributed by atoms with E-state index >= 15 is 0 Å². The summed E-state index contributed by atoms with van der Waals surface area (Å²) in [7, 11) is 0. The van der Waals surface area contributed by atoms with Gasteiger partial charge in [-0.25, -0.2) is 9.97 Å². The minimum atomic E-state index is 0. The quantitative estimate of drug-likeness (QED) is 0.872. The lowest BCUT2D eigenvalue weighted by molar-refractivity contribution is 0.588. The molecular formula is C10H14Cl2N4S. The van der Waals surface area contributed by atoms with E-state index in [2.05, 4.69) is 20.2 Å².